The lowest BCUT2D eigenvalue weighted by atomic mass is 9.98. The van der Waals surface area contributed by atoms with E-state index < -0.39 is 12.1 Å². The van der Waals surface area contributed by atoms with E-state index in [1.54, 1.807) is 19.1 Å². The second-order valence-electron chi connectivity index (χ2n) is 7.01. The Hall–Kier alpha value is -3.60. The van der Waals surface area contributed by atoms with Crippen molar-refractivity contribution in [2.75, 3.05) is 7.11 Å². The van der Waals surface area contributed by atoms with E-state index in [1.807, 2.05) is 73.7 Å². The van der Waals surface area contributed by atoms with E-state index in [2.05, 4.69) is 5.32 Å². The number of carbonyl (C=O) groups excluding carboxylic acids is 2. The first kappa shape index (κ1) is 21.1. The summed E-state index contributed by atoms with van der Waals surface area (Å²) >= 11 is 0. The van der Waals surface area contributed by atoms with Gasteiger partial charge in [-0.1, -0.05) is 72.3 Å². The molecule has 5 heteroatoms. The molecule has 0 radical (unpaired) electrons. The fourth-order valence-corrected chi connectivity index (χ4v) is 3.17. The normalized spacial score (nSPS) is 11.6. The van der Waals surface area contributed by atoms with Gasteiger partial charge in [-0.3, -0.25) is 4.79 Å². The Morgan fingerprint density at radius 1 is 0.867 bits per heavy atom. The molecule has 3 aromatic rings. The molecule has 5 nitrogen and oxygen atoms in total. The van der Waals surface area contributed by atoms with Crippen LogP contribution in [0.1, 0.15) is 40.0 Å². The first-order valence-electron chi connectivity index (χ1n) is 9.75. The number of carbonyl (C=O) groups is 2. The molecule has 3 rings (SSSR count). The number of benzene rings is 3. The fraction of sp³-hybridized carbons (Fsp3) is 0.200. The van der Waals surface area contributed by atoms with Gasteiger partial charge in [-0.05, 0) is 37.1 Å². The van der Waals surface area contributed by atoms with Crippen LogP contribution in [0.15, 0.2) is 78.9 Å². The number of nitrogens with one attached hydrogen (secondary N) is 1. The zero-order valence-corrected chi connectivity index (χ0v) is 17.3. The van der Waals surface area contributed by atoms with Crippen LogP contribution in [0.25, 0.3) is 0 Å². The van der Waals surface area contributed by atoms with Crippen molar-refractivity contribution in [2.24, 2.45) is 0 Å². The Bertz CT molecular complexity index is 963. The van der Waals surface area contributed by atoms with Crippen LogP contribution in [0.3, 0.4) is 0 Å². The van der Waals surface area contributed by atoms with Gasteiger partial charge in [0, 0.05) is 0 Å². The molecule has 3 aromatic carbocycles. The Morgan fingerprint density at radius 3 is 1.97 bits per heavy atom. The van der Waals surface area contributed by atoms with E-state index in [-0.39, 0.29) is 11.9 Å². The number of rotatable bonds is 7. The maximum absolute atomic E-state index is 12.9. The smallest absolute Gasteiger partial charge is 0.342 e. The van der Waals surface area contributed by atoms with Gasteiger partial charge in [-0.25, -0.2) is 4.79 Å². The van der Waals surface area contributed by atoms with Crippen LogP contribution in [0.2, 0.25) is 0 Å². The highest BCUT2D eigenvalue weighted by Crippen LogP contribution is 2.23. The predicted octanol–water partition coefficient (Wildman–Crippen LogP) is 4.45. The number of hydrogen-bond acceptors (Lipinski definition) is 4. The zero-order chi connectivity index (χ0) is 21.5. The Morgan fingerprint density at radius 2 is 1.43 bits per heavy atom. The monoisotopic (exact) mass is 403 g/mol. The summed E-state index contributed by atoms with van der Waals surface area (Å²) in [6, 6.07) is 24.2. The molecular weight excluding hydrogens is 378 g/mol. The number of hydrogen-bond donors (Lipinski definition) is 1. The van der Waals surface area contributed by atoms with Gasteiger partial charge in [0.25, 0.3) is 5.91 Å². The minimum absolute atomic E-state index is 0.291. The first-order chi connectivity index (χ1) is 14.5. The summed E-state index contributed by atoms with van der Waals surface area (Å²) in [6.07, 6.45) is -0.974. The Balaban J connectivity index is 1.76. The van der Waals surface area contributed by atoms with Gasteiger partial charge in [-0.2, -0.15) is 0 Å². The summed E-state index contributed by atoms with van der Waals surface area (Å²) in [7, 11) is 1.49. The van der Waals surface area contributed by atoms with Gasteiger partial charge in [0.05, 0.1) is 13.2 Å². The minimum atomic E-state index is -0.974. The van der Waals surface area contributed by atoms with Gasteiger partial charge in [-0.15, -0.1) is 0 Å². The van der Waals surface area contributed by atoms with Crippen LogP contribution >= 0.6 is 0 Å². The Kier molecular flexibility index (Phi) is 6.86. The van der Waals surface area contributed by atoms with Crippen molar-refractivity contribution in [3.8, 4) is 5.75 Å². The van der Waals surface area contributed by atoms with Crippen molar-refractivity contribution in [2.45, 2.75) is 26.0 Å². The topological polar surface area (TPSA) is 64.6 Å². The van der Waals surface area contributed by atoms with Crippen molar-refractivity contribution in [3.05, 3.63) is 101 Å². The number of aryl methyl sites for hydroxylation is 1. The van der Waals surface area contributed by atoms with Crippen LogP contribution in [-0.2, 0) is 9.53 Å². The third kappa shape index (κ3) is 5.06. The van der Waals surface area contributed by atoms with Crippen LogP contribution in [0, 0.1) is 6.92 Å². The lowest BCUT2D eigenvalue weighted by Crippen LogP contribution is -2.38. The lowest BCUT2D eigenvalue weighted by Gasteiger charge is -2.22. The van der Waals surface area contributed by atoms with Crippen molar-refractivity contribution >= 4 is 11.9 Å². The molecule has 0 saturated heterocycles. The summed E-state index contributed by atoms with van der Waals surface area (Å²) < 4.78 is 10.7. The molecule has 154 valence electrons. The SMILES string of the molecule is COc1ccc(C)cc1C(=O)O[C@H](C)C(=O)NC(c1ccccc1)c1ccccc1. The largest absolute Gasteiger partial charge is 0.496 e. The highest BCUT2D eigenvalue weighted by molar-refractivity contribution is 5.95. The molecule has 0 heterocycles. The number of esters is 1. The maximum atomic E-state index is 12.9. The summed E-state index contributed by atoms with van der Waals surface area (Å²) in [4.78, 5) is 25.5. The van der Waals surface area contributed by atoms with E-state index in [9.17, 15) is 9.59 Å². The molecule has 0 aromatic heterocycles. The molecule has 1 atom stereocenters. The standard InChI is InChI=1S/C25H25NO4/c1-17-14-15-22(29-3)21(16-17)25(28)30-18(2)24(27)26-23(19-10-6-4-7-11-19)20-12-8-5-9-13-20/h4-16,18,23H,1-3H3,(H,26,27)/t18-/m1/s1. The lowest BCUT2D eigenvalue weighted by molar-refractivity contribution is -0.129. The predicted molar refractivity (Wildman–Crippen MR) is 115 cm³/mol. The van der Waals surface area contributed by atoms with Gasteiger partial charge in [0.2, 0.25) is 0 Å². The fourth-order valence-electron chi connectivity index (χ4n) is 3.17. The summed E-state index contributed by atoms with van der Waals surface area (Å²) in [6.45, 7) is 3.43. The van der Waals surface area contributed by atoms with E-state index >= 15 is 0 Å². The quantitative estimate of drug-likeness (QED) is 0.592. The molecule has 1 N–H and O–H groups in total. The van der Waals surface area contributed by atoms with Gasteiger partial charge in [0.1, 0.15) is 11.3 Å². The Labute approximate surface area is 176 Å². The molecule has 0 fully saturated rings. The van der Waals surface area contributed by atoms with Gasteiger partial charge < -0.3 is 14.8 Å². The minimum Gasteiger partial charge on any atom is -0.496 e. The van der Waals surface area contributed by atoms with E-state index in [0.29, 0.717) is 11.3 Å². The molecule has 1 amide bonds. The van der Waals surface area contributed by atoms with E-state index in [1.165, 1.54) is 7.11 Å². The van der Waals surface area contributed by atoms with Crippen LogP contribution in [0.4, 0.5) is 0 Å². The molecule has 0 aliphatic rings. The van der Waals surface area contributed by atoms with Crippen LogP contribution in [0.5, 0.6) is 5.75 Å². The zero-order valence-electron chi connectivity index (χ0n) is 17.3. The summed E-state index contributed by atoms with van der Waals surface area (Å²) in [5, 5.41) is 3.00. The highest BCUT2D eigenvalue weighted by atomic mass is 16.5. The van der Waals surface area contributed by atoms with Gasteiger partial charge >= 0.3 is 5.97 Å². The third-order valence-electron chi connectivity index (χ3n) is 4.78. The second-order valence-corrected chi connectivity index (χ2v) is 7.01. The first-order valence-corrected chi connectivity index (χ1v) is 9.75. The molecule has 0 unspecified atom stereocenters. The number of ether oxygens (including phenoxy) is 2. The third-order valence-corrected chi connectivity index (χ3v) is 4.78. The van der Waals surface area contributed by atoms with E-state index in [4.69, 9.17) is 9.47 Å². The highest BCUT2D eigenvalue weighted by Gasteiger charge is 2.24. The van der Waals surface area contributed by atoms with Crippen molar-refractivity contribution in [3.63, 3.8) is 0 Å². The van der Waals surface area contributed by atoms with E-state index in [0.717, 1.165) is 16.7 Å². The molecule has 0 saturated carbocycles. The average molecular weight is 403 g/mol. The van der Waals surface area contributed by atoms with Crippen LogP contribution < -0.4 is 10.1 Å². The van der Waals surface area contributed by atoms with Crippen molar-refractivity contribution < 1.29 is 19.1 Å². The molecule has 30 heavy (non-hydrogen) atoms. The average Bonchev–Trinajstić information content (AvgIpc) is 2.78. The van der Waals surface area contributed by atoms with Crippen molar-refractivity contribution in [1.82, 2.24) is 5.32 Å². The number of methoxy groups -OCH3 is 1. The summed E-state index contributed by atoms with van der Waals surface area (Å²) in [5.41, 5.74) is 3.07. The second kappa shape index (κ2) is 9.74. The maximum Gasteiger partial charge on any atom is 0.342 e. The molecular formula is C25H25NO4. The summed E-state index contributed by atoms with van der Waals surface area (Å²) in [5.74, 6) is -0.577. The molecule has 0 aliphatic heterocycles. The number of amides is 1. The van der Waals surface area contributed by atoms with Crippen LogP contribution in [-0.4, -0.2) is 25.1 Å². The molecule has 0 aliphatic carbocycles. The molecule has 0 spiro atoms. The van der Waals surface area contributed by atoms with Gasteiger partial charge in [0.15, 0.2) is 6.10 Å². The van der Waals surface area contributed by atoms with Crippen molar-refractivity contribution in [1.29, 1.82) is 0 Å². The molecule has 0 bridgehead atoms.